The van der Waals surface area contributed by atoms with Crippen molar-refractivity contribution in [2.75, 3.05) is 0 Å². The number of halogens is 2. The molecule has 1 aromatic carbocycles. The zero-order chi connectivity index (χ0) is 10.7. The van der Waals surface area contributed by atoms with Crippen molar-refractivity contribution >= 4 is 33.3 Å². The molecule has 0 N–H and O–H groups in total. The molecule has 0 fully saturated rings. The van der Waals surface area contributed by atoms with Crippen molar-refractivity contribution in [3.63, 3.8) is 0 Å². The highest BCUT2D eigenvalue weighted by molar-refractivity contribution is 9.10. The van der Waals surface area contributed by atoms with E-state index in [0.717, 1.165) is 10.9 Å². The molecule has 14 heavy (non-hydrogen) atoms. The maximum absolute atomic E-state index is 11.8. The van der Waals surface area contributed by atoms with Gasteiger partial charge < -0.3 is 0 Å². The van der Waals surface area contributed by atoms with Crippen LogP contribution in [0.1, 0.15) is 30.6 Å². The summed E-state index contributed by atoms with van der Waals surface area (Å²) in [5.74, 6) is 0.225. The fraction of sp³-hybridized carbons (Fsp3) is 0.364. The first-order valence-corrected chi connectivity index (χ1v) is 5.72. The molecule has 0 spiro atoms. The smallest absolute Gasteiger partial charge is 0.166 e. The zero-order valence-corrected chi connectivity index (χ0v) is 10.5. The van der Waals surface area contributed by atoms with E-state index in [4.69, 9.17) is 11.6 Å². The standard InChI is InChI=1S/C11H12BrClO/c1-3-7(2)11(14)9-5-4-8(13)6-10(9)12/h4-7H,3H2,1-2H3. The summed E-state index contributed by atoms with van der Waals surface area (Å²) in [6, 6.07) is 5.25. The van der Waals surface area contributed by atoms with Gasteiger partial charge in [0.15, 0.2) is 5.78 Å². The van der Waals surface area contributed by atoms with Crippen molar-refractivity contribution in [2.24, 2.45) is 5.92 Å². The van der Waals surface area contributed by atoms with Gasteiger partial charge in [-0.2, -0.15) is 0 Å². The van der Waals surface area contributed by atoms with Crippen LogP contribution in [-0.4, -0.2) is 5.78 Å². The second-order valence-corrected chi connectivity index (χ2v) is 4.59. The van der Waals surface area contributed by atoms with Gasteiger partial charge in [0, 0.05) is 21.0 Å². The Kier molecular flexibility index (Phi) is 4.14. The minimum absolute atomic E-state index is 0.0625. The summed E-state index contributed by atoms with van der Waals surface area (Å²) in [4.78, 5) is 11.8. The lowest BCUT2D eigenvalue weighted by molar-refractivity contribution is 0.0926. The predicted octanol–water partition coefficient (Wildman–Crippen LogP) is 4.33. The Labute approximate surface area is 97.6 Å². The van der Waals surface area contributed by atoms with Gasteiger partial charge in [0.1, 0.15) is 0 Å². The minimum atomic E-state index is 0.0625. The number of carbonyl (C=O) groups excluding carboxylic acids is 1. The Morgan fingerprint density at radius 3 is 2.71 bits per heavy atom. The molecular weight excluding hydrogens is 263 g/mol. The average molecular weight is 276 g/mol. The number of benzene rings is 1. The summed E-state index contributed by atoms with van der Waals surface area (Å²) in [5.41, 5.74) is 0.712. The Morgan fingerprint density at radius 2 is 2.21 bits per heavy atom. The van der Waals surface area contributed by atoms with Crippen molar-refractivity contribution in [3.8, 4) is 0 Å². The van der Waals surface area contributed by atoms with E-state index in [1.807, 2.05) is 13.8 Å². The van der Waals surface area contributed by atoms with Crippen molar-refractivity contribution in [3.05, 3.63) is 33.3 Å². The molecule has 0 aliphatic heterocycles. The second kappa shape index (κ2) is 4.94. The van der Waals surface area contributed by atoms with Crippen LogP contribution >= 0.6 is 27.5 Å². The van der Waals surface area contributed by atoms with Crippen LogP contribution in [0.25, 0.3) is 0 Å². The van der Waals surface area contributed by atoms with Gasteiger partial charge in [0.25, 0.3) is 0 Å². The zero-order valence-electron chi connectivity index (χ0n) is 8.18. The highest BCUT2D eigenvalue weighted by atomic mass is 79.9. The molecular formula is C11H12BrClO. The van der Waals surface area contributed by atoms with E-state index in [1.54, 1.807) is 18.2 Å². The van der Waals surface area contributed by atoms with Crippen LogP contribution in [0, 0.1) is 5.92 Å². The Hall–Kier alpha value is -0.340. The Bertz CT molecular complexity index is 349. The third kappa shape index (κ3) is 2.58. The van der Waals surface area contributed by atoms with Crippen LogP contribution in [0.3, 0.4) is 0 Å². The SMILES string of the molecule is CCC(C)C(=O)c1ccc(Cl)cc1Br. The molecule has 0 heterocycles. The fourth-order valence-electron chi connectivity index (χ4n) is 1.14. The monoisotopic (exact) mass is 274 g/mol. The molecule has 0 amide bonds. The van der Waals surface area contributed by atoms with Crippen LogP contribution in [0.15, 0.2) is 22.7 Å². The van der Waals surface area contributed by atoms with E-state index in [1.165, 1.54) is 0 Å². The molecule has 1 atom stereocenters. The summed E-state index contributed by atoms with van der Waals surface area (Å²) in [6.45, 7) is 3.94. The number of hydrogen-bond acceptors (Lipinski definition) is 1. The van der Waals surface area contributed by atoms with Gasteiger partial charge in [-0.1, -0.05) is 25.4 Å². The number of Topliss-reactive ketones (excluding diaryl/α,β-unsaturated/α-hetero) is 1. The third-order valence-electron chi connectivity index (χ3n) is 2.26. The minimum Gasteiger partial charge on any atom is -0.294 e. The van der Waals surface area contributed by atoms with Gasteiger partial charge in [-0.15, -0.1) is 0 Å². The third-order valence-corrected chi connectivity index (χ3v) is 3.15. The Balaban J connectivity index is 3.02. The Morgan fingerprint density at radius 1 is 1.57 bits per heavy atom. The summed E-state index contributed by atoms with van der Waals surface area (Å²) >= 11 is 9.13. The van der Waals surface area contributed by atoms with Gasteiger partial charge in [-0.05, 0) is 40.5 Å². The highest BCUT2D eigenvalue weighted by Crippen LogP contribution is 2.24. The van der Waals surface area contributed by atoms with Gasteiger partial charge in [-0.25, -0.2) is 0 Å². The molecule has 0 aliphatic rings. The van der Waals surface area contributed by atoms with E-state index >= 15 is 0 Å². The summed E-state index contributed by atoms with van der Waals surface area (Å²) in [5, 5.41) is 0.637. The quantitative estimate of drug-likeness (QED) is 0.750. The summed E-state index contributed by atoms with van der Waals surface area (Å²) in [6.07, 6.45) is 0.855. The molecule has 76 valence electrons. The molecule has 0 saturated heterocycles. The summed E-state index contributed by atoms with van der Waals surface area (Å²) in [7, 11) is 0. The average Bonchev–Trinajstić information content (AvgIpc) is 2.15. The first-order valence-electron chi connectivity index (χ1n) is 4.55. The lowest BCUT2D eigenvalue weighted by atomic mass is 9.97. The number of hydrogen-bond donors (Lipinski definition) is 0. The maximum Gasteiger partial charge on any atom is 0.166 e. The first-order chi connectivity index (χ1) is 6.56. The number of carbonyl (C=O) groups is 1. The molecule has 1 unspecified atom stereocenters. The molecule has 0 saturated carbocycles. The fourth-order valence-corrected chi connectivity index (χ4v) is 2.02. The molecule has 1 nitrogen and oxygen atoms in total. The van der Waals surface area contributed by atoms with Crippen LogP contribution in [0.2, 0.25) is 5.02 Å². The van der Waals surface area contributed by atoms with E-state index in [2.05, 4.69) is 15.9 Å². The maximum atomic E-state index is 11.8. The molecule has 0 bridgehead atoms. The van der Waals surface area contributed by atoms with Crippen molar-refractivity contribution < 1.29 is 4.79 Å². The predicted molar refractivity (Wildman–Crippen MR) is 62.9 cm³/mol. The van der Waals surface area contributed by atoms with Crippen molar-refractivity contribution in [1.29, 1.82) is 0 Å². The van der Waals surface area contributed by atoms with Crippen molar-refractivity contribution in [1.82, 2.24) is 0 Å². The van der Waals surface area contributed by atoms with Gasteiger partial charge in [-0.3, -0.25) is 4.79 Å². The highest BCUT2D eigenvalue weighted by Gasteiger charge is 2.15. The lowest BCUT2D eigenvalue weighted by Gasteiger charge is -2.09. The van der Waals surface area contributed by atoms with Crippen LogP contribution < -0.4 is 0 Å². The normalized spacial score (nSPS) is 12.6. The molecule has 1 aromatic rings. The largest absolute Gasteiger partial charge is 0.294 e. The van der Waals surface area contributed by atoms with Crippen molar-refractivity contribution in [2.45, 2.75) is 20.3 Å². The van der Waals surface area contributed by atoms with E-state index in [0.29, 0.717) is 10.6 Å². The molecule has 1 rings (SSSR count). The first kappa shape index (κ1) is 11.7. The van der Waals surface area contributed by atoms with E-state index in [-0.39, 0.29) is 11.7 Å². The van der Waals surface area contributed by atoms with Gasteiger partial charge >= 0.3 is 0 Å². The van der Waals surface area contributed by atoms with Gasteiger partial charge in [0.2, 0.25) is 0 Å². The number of rotatable bonds is 3. The van der Waals surface area contributed by atoms with Crippen LogP contribution in [0.5, 0.6) is 0 Å². The van der Waals surface area contributed by atoms with Crippen LogP contribution in [0.4, 0.5) is 0 Å². The lowest BCUT2D eigenvalue weighted by Crippen LogP contribution is -2.10. The summed E-state index contributed by atoms with van der Waals surface area (Å²) < 4.78 is 0.773. The molecule has 0 aliphatic carbocycles. The molecule has 3 heteroatoms. The number of ketones is 1. The van der Waals surface area contributed by atoms with Crippen LogP contribution in [-0.2, 0) is 0 Å². The topological polar surface area (TPSA) is 17.1 Å². The van der Waals surface area contributed by atoms with E-state index < -0.39 is 0 Å². The second-order valence-electron chi connectivity index (χ2n) is 3.30. The molecule has 0 aromatic heterocycles. The van der Waals surface area contributed by atoms with E-state index in [9.17, 15) is 4.79 Å². The van der Waals surface area contributed by atoms with Gasteiger partial charge in [0.05, 0.1) is 0 Å². The molecule has 0 radical (unpaired) electrons.